The van der Waals surface area contributed by atoms with E-state index in [2.05, 4.69) is 10.2 Å². The molecule has 1 aliphatic carbocycles. The highest BCUT2D eigenvalue weighted by atomic mass is 16.5. The van der Waals surface area contributed by atoms with Crippen LogP contribution in [0.4, 0.5) is 0 Å². The van der Waals surface area contributed by atoms with Crippen LogP contribution in [0.1, 0.15) is 25.7 Å². The number of nitrogens with zero attached hydrogens (tertiary/aromatic N) is 1. The Kier molecular flexibility index (Phi) is 3.89. The predicted octanol–water partition coefficient (Wildman–Crippen LogP) is 0.866. The van der Waals surface area contributed by atoms with E-state index in [1.54, 1.807) is 0 Å². The topological polar surface area (TPSA) is 33.7 Å². The summed E-state index contributed by atoms with van der Waals surface area (Å²) in [4.78, 5) is 2.57. The Morgan fingerprint density at radius 1 is 1.39 bits per heavy atom. The largest absolute Gasteiger partial charge is 0.381 e. The van der Waals surface area contributed by atoms with Gasteiger partial charge in [-0.3, -0.25) is 4.90 Å². The molecule has 3 fully saturated rings. The molecular formula is C14H26N2O2. The van der Waals surface area contributed by atoms with Crippen molar-refractivity contribution < 1.29 is 9.47 Å². The van der Waals surface area contributed by atoms with Gasteiger partial charge >= 0.3 is 0 Å². The summed E-state index contributed by atoms with van der Waals surface area (Å²) in [5, 5.41) is 3.70. The van der Waals surface area contributed by atoms with E-state index in [9.17, 15) is 0 Å². The van der Waals surface area contributed by atoms with Gasteiger partial charge in [-0.25, -0.2) is 0 Å². The van der Waals surface area contributed by atoms with Crippen LogP contribution in [-0.2, 0) is 9.47 Å². The Morgan fingerprint density at radius 2 is 2.28 bits per heavy atom. The smallest absolute Gasteiger partial charge is 0.0710 e. The zero-order valence-electron chi connectivity index (χ0n) is 11.5. The van der Waals surface area contributed by atoms with Crippen molar-refractivity contribution in [3.63, 3.8) is 0 Å². The van der Waals surface area contributed by atoms with Gasteiger partial charge in [0.15, 0.2) is 0 Å². The van der Waals surface area contributed by atoms with Gasteiger partial charge in [0.2, 0.25) is 0 Å². The first kappa shape index (κ1) is 12.9. The normalized spacial score (nSPS) is 37.5. The van der Waals surface area contributed by atoms with E-state index in [0.29, 0.717) is 11.5 Å². The van der Waals surface area contributed by atoms with Gasteiger partial charge < -0.3 is 14.8 Å². The van der Waals surface area contributed by atoms with Crippen molar-refractivity contribution in [2.24, 2.45) is 5.41 Å². The molecule has 2 saturated heterocycles. The van der Waals surface area contributed by atoms with Crippen LogP contribution in [0.3, 0.4) is 0 Å². The Bertz CT molecular complexity index is 275. The lowest BCUT2D eigenvalue weighted by molar-refractivity contribution is 0.0884. The van der Waals surface area contributed by atoms with Crippen LogP contribution in [0.15, 0.2) is 0 Å². The number of hydrogen-bond acceptors (Lipinski definition) is 4. The van der Waals surface area contributed by atoms with Crippen molar-refractivity contribution in [3.8, 4) is 0 Å². The molecule has 2 aliphatic heterocycles. The van der Waals surface area contributed by atoms with Crippen LogP contribution >= 0.6 is 0 Å². The lowest BCUT2D eigenvalue weighted by Crippen LogP contribution is -2.45. The summed E-state index contributed by atoms with van der Waals surface area (Å²) in [5.74, 6) is 0. The highest BCUT2D eigenvalue weighted by molar-refractivity contribution is 4.93. The third-order valence-corrected chi connectivity index (χ3v) is 4.65. The molecule has 4 nitrogen and oxygen atoms in total. The highest BCUT2D eigenvalue weighted by Gasteiger charge is 2.39. The molecule has 2 heterocycles. The summed E-state index contributed by atoms with van der Waals surface area (Å²) in [5.41, 5.74) is 0.352. The van der Waals surface area contributed by atoms with Gasteiger partial charge in [-0.05, 0) is 25.7 Å². The molecule has 2 atom stereocenters. The molecule has 0 aromatic heterocycles. The molecule has 3 aliphatic rings. The number of ether oxygens (including phenoxy) is 2. The van der Waals surface area contributed by atoms with Crippen LogP contribution in [0.25, 0.3) is 0 Å². The number of rotatable bonds is 6. The van der Waals surface area contributed by atoms with Gasteiger partial charge in [-0.1, -0.05) is 0 Å². The average Bonchev–Trinajstić information content (AvgIpc) is 2.93. The van der Waals surface area contributed by atoms with E-state index in [-0.39, 0.29) is 0 Å². The molecule has 0 bridgehead atoms. The Hall–Kier alpha value is -0.160. The van der Waals surface area contributed by atoms with E-state index in [0.717, 1.165) is 32.3 Å². The van der Waals surface area contributed by atoms with Gasteiger partial charge in [-0.15, -0.1) is 0 Å². The van der Waals surface area contributed by atoms with Crippen molar-refractivity contribution in [3.05, 3.63) is 0 Å². The minimum Gasteiger partial charge on any atom is -0.381 e. The molecule has 0 amide bonds. The summed E-state index contributed by atoms with van der Waals surface area (Å²) in [6.45, 7) is 6.46. The fourth-order valence-electron chi connectivity index (χ4n) is 3.23. The third kappa shape index (κ3) is 3.05. The summed E-state index contributed by atoms with van der Waals surface area (Å²) in [6.07, 6.45) is 5.57. The molecule has 0 aromatic rings. The molecular weight excluding hydrogens is 228 g/mol. The minimum atomic E-state index is 0.352. The number of nitrogens with one attached hydrogen (secondary N) is 1. The fraction of sp³-hybridized carbons (Fsp3) is 1.00. The van der Waals surface area contributed by atoms with Crippen molar-refractivity contribution in [2.45, 2.75) is 37.8 Å². The summed E-state index contributed by atoms with van der Waals surface area (Å²) in [6, 6.07) is 0.799. The average molecular weight is 254 g/mol. The summed E-state index contributed by atoms with van der Waals surface area (Å²) >= 11 is 0. The first-order valence-electron chi connectivity index (χ1n) is 7.36. The molecule has 2 unspecified atom stereocenters. The van der Waals surface area contributed by atoms with Gasteiger partial charge in [0.25, 0.3) is 0 Å². The second-order valence-corrected chi connectivity index (χ2v) is 6.34. The van der Waals surface area contributed by atoms with Gasteiger partial charge in [0, 0.05) is 51.4 Å². The second kappa shape index (κ2) is 5.45. The zero-order chi connectivity index (χ0) is 12.4. The van der Waals surface area contributed by atoms with Crippen LogP contribution in [0.2, 0.25) is 0 Å². The SMILES string of the molecule is COC1CCN(CC2(CNC3CC3)CCOC2)C1. The lowest BCUT2D eigenvalue weighted by atomic mass is 9.86. The monoisotopic (exact) mass is 254 g/mol. The first-order valence-corrected chi connectivity index (χ1v) is 7.36. The molecule has 1 N–H and O–H groups in total. The maximum Gasteiger partial charge on any atom is 0.0710 e. The molecule has 4 heteroatoms. The van der Waals surface area contributed by atoms with Gasteiger partial charge in [0.1, 0.15) is 0 Å². The van der Waals surface area contributed by atoms with E-state index >= 15 is 0 Å². The van der Waals surface area contributed by atoms with Gasteiger partial charge in [-0.2, -0.15) is 0 Å². The van der Waals surface area contributed by atoms with E-state index < -0.39 is 0 Å². The summed E-state index contributed by atoms with van der Waals surface area (Å²) < 4.78 is 11.1. The van der Waals surface area contributed by atoms with Crippen molar-refractivity contribution in [2.75, 3.05) is 46.5 Å². The maximum atomic E-state index is 5.68. The van der Waals surface area contributed by atoms with Crippen LogP contribution < -0.4 is 5.32 Å². The second-order valence-electron chi connectivity index (χ2n) is 6.34. The minimum absolute atomic E-state index is 0.352. The number of likely N-dealkylation sites (tertiary alicyclic amines) is 1. The van der Waals surface area contributed by atoms with E-state index in [1.807, 2.05) is 7.11 Å². The zero-order valence-corrected chi connectivity index (χ0v) is 11.5. The van der Waals surface area contributed by atoms with E-state index in [1.165, 1.54) is 38.8 Å². The third-order valence-electron chi connectivity index (χ3n) is 4.65. The lowest BCUT2D eigenvalue weighted by Gasteiger charge is -2.32. The summed E-state index contributed by atoms with van der Waals surface area (Å²) in [7, 11) is 1.83. The van der Waals surface area contributed by atoms with Gasteiger partial charge in [0.05, 0.1) is 12.7 Å². The first-order chi connectivity index (χ1) is 8.80. The molecule has 0 radical (unpaired) electrons. The molecule has 18 heavy (non-hydrogen) atoms. The molecule has 3 rings (SSSR count). The molecule has 0 spiro atoms. The van der Waals surface area contributed by atoms with E-state index in [4.69, 9.17) is 9.47 Å². The van der Waals surface area contributed by atoms with Crippen LogP contribution in [-0.4, -0.2) is 63.5 Å². The predicted molar refractivity (Wildman–Crippen MR) is 70.7 cm³/mol. The molecule has 0 aromatic carbocycles. The standard InChI is InChI=1S/C14H26N2O2/c1-17-13-4-6-16(8-13)10-14(5-7-18-11-14)9-15-12-2-3-12/h12-13,15H,2-11H2,1H3. The van der Waals surface area contributed by atoms with Crippen molar-refractivity contribution >= 4 is 0 Å². The maximum absolute atomic E-state index is 5.68. The highest BCUT2D eigenvalue weighted by Crippen LogP contribution is 2.32. The number of methoxy groups -OCH3 is 1. The van der Waals surface area contributed by atoms with Crippen molar-refractivity contribution in [1.29, 1.82) is 0 Å². The Labute approximate surface area is 110 Å². The fourth-order valence-corrected chi connectivity index (χ4v) is 3.23. The van der Waals surface area contributed by atoms with Crippen molar-refractivity contribution in [1.82, 2.24) is 10.2 Å². The Morgan fingerprint density at radius 3 is 2.89 bits per heavy atom. The number of hydrogen-bond donors (Lipinski definition) is 1. The molecule has 104 valence electrons. The molecule has 1 saturated carbocycles. The quantitative estimate of drug-likeness (QED) is 0.762. The van der Waals surface area contributed by atoms with Crippen LogP contribution in [0.5, 0.6) is 0 Å². The van der Waals surface area contributed by atoms with Crippen LogP contribution in [0, 0.1) is 5.41 Å². The Balaban J connectivity index is 1.52.